The molecule has 0 aliphatic carbocycles. The fourth-order valence-corrected chi connectivity index (χ4v) is 2.16. The van der Waals surface area contributed by atoms with E-state index in [1.165, 1.54) is 11.2 Å². The lowest BCUT2D eigenvalue weighted by Gasteiger charge is -2.11. The van der Waals surface area contributed by atoms with Crippen LogP contribution in [0.5, 0.6) is 5.88 Å². The molecule has 0 saturated carbocycles. The van der Waals surface area contributed by atoms with Crippen molar-refractivity contribution in [2.75, 3.05) is 12.4 Å². The number of hydrogen-bond donors (Lipinski definition) is 1. The molecule has 0 radical (unpaired) electrons. The van der Waals surface area contributed by atoms with Crippen LogP contribution in [0.2, 0.25) is 0 Å². The molecule has 0 aliphatic heterocycles. The number of rotatable bonds is 4. The molecule has 0 saturated heterocycles. The lowest BCUT2D eigenvalue weighted by molar-refractivity contribution is 0.397. The van der Waals surface area contributed by atoms with Gasteiger partial charge in [0.15, 0.2) is 0 Å². The Bertz CT molecular complexity index is 500. The Hall–Kier alpha value is -1.69. The van der Waals surface area contributed by atoms with Crippen molar-refractivity contribution in [1.82, 2.24) is 15.0 Å². The van der Waals surface area contributed by atoms with Crippen LogP contribution in [0.15, 0.2) is 18.6 Å². The molecule has 5 nitrogen and oxygen atoms in total. The normalized spacial score (nSPS) is 12.2. The predicted molar refractivity (Wildman–Crippen MR) is 67.5 cm³/mol. The highest BCUT2D eigenvalue weighted by Gasteiger charge is 2.10. The molecule has 0 aromatic carbocycles. The van der Waals surface area contributed by atoms with Gasteiger partial charge in [-0.25, -0.2) is 15.0 Å². The molecule has 2 aromatic heterocycles. The van der Waals surface area contributed by atoms with E-state index in [9.17, 15) is 0 Å². The minimum Gasteiger partial charge on any atom is -0.481 e. The molecule has 2 aromatic rings. The van der Waals surface area contributed by atoms with Crippen LogP contribution in [0.3, 0.4) is 0 Å². The highest BCUT2D eigenvalue weighted by Crippen LogP contribution is 2.23. The smallest absolute Gasteiger partial charge is 0.218 e. The van der Waals surface area contributed by atoms with Crippen molar-refractivity contribution < 1.29 is 4.74 Å². The molecule has 2 heterocycles. The average Bonchev–Trinajstić information content (AvgIpc) is 2.76. The lowest BCUT2D eigenvalue weighted by Crippen LogP contribution is -2.07. The first kappa shape index (κ1) is 11.8. The van der Waals surface area contributed by atoms with Gasteiger partial charge in [0.2, 0.25) is 5.88 Å². The number of aryl methyl sites for hydroxylation is 1. The quantitative estimate of drug-likeness (QED) is 0.903. The molecule has 1 atom stereocenters. The highest BCUT2D eigenvalue weighted by atomic mass is 32.1. The molecule has 90 valence electrons. The summed E-state index contributed by atoms with van der Waals surface area (Å²) in [5, 5.41) is 4.30. The van der Waals surface area contributed by atoms with E-state index < -0.39 is 0 Å². The van der Waals surface area contributed by atoms with Crippen LogP contribution < -0.4 is 10.1 Å². The first-order chi connectivity index (χ1) is 8.19. The van der Waals surface area contributed by atoms with Crippen LogP contribution in [0, 0.1) is 6.92 Å². The molecule has 0 amide bonds. The van der Waals surface area contributed by atoms with Crippen molar-refractivity contribution in [1.29, 1.82) is 0 Å². The second-order valence-electron chi connectivity index (χ2n) is 3.62. The Morgan fingerprint density at radius 3 is 2.82 bits per heavy atom. The number of thiazole rings is 1. The van der Waals surface area contributed by atoms with E-state index in [-0.39, 0.29) is 6.04 Å². The fourth-order valence-electron chi connectivity index (χ4n) is 1.39. The van der Waals surface area contributed by atoms with E-state index in [4.69, 9.17) is 4.74 Å². The summed E-state index contributed by atoms with van der Waals surface area (Å²) < 4.78 is 5.04. The molecule has 0 fully saturated rings. The van der Waals surface area contributed by atoms with Crippen molar-refractivity contribution in [2.45, 2.75) is 19.9 Å². The Labute approximate surface area is 104 Å². The third-order valence-corrected chi connectivity index (χ3v) is 3.32. The van der Waals surface area contributed by atoms with E-state index in [1.807, 2.05) is 20.0 Å². The Morgan fingerprint density at radius 2 is 2.18 bits per heavy atom. The van der Waals surface area contributed by atoms with Crippen LogP contribution in [0.4, 0.5) is 5.82 Å². The maximum Gasteiger partial charge on any atom is 0.218 e. The zero-order chi connectivity index (χ0) is 12.3. The molecular weight excluding hydrogens is 236 g/mol. The average molecular weight is 250 g/mol. The number of aromatic nitrogens is 3. The second-order valence-corrected chi connectivity index (χ2v) is 4.89. The summed E-state index contributed by atoms with van der Waals surface area (Å²) in [6.45, 7) is 4.09. The number of methoxy groups -OCH3 is 1. The summed E-state index contributed by atoms with van der Waals surface area (Å²) in [4.78, 5) is 13.6. The van der Waals surface area contributed by atoms with Gasteiger partial charge in [-0.3, -0.25) is 0 Å². The summed E-state index contributed by atoms with van der Waals surface area (Å²) >= 11 is 1.68. The predicted octanol–water partition coefficient (Wildman–Crippen LogP) is 2.42. The lowest BCUT2D eigenvalue weighted by atomic mass is 10.3. The maximum atomic E-state index is 5.04. The molecule has 1 N–H and O–H groups in total. The van der Waals surface area contributed by atoms with Crippen molar-refractivity contribution in [2.24, 2.45) is 0 Å². The topological polar surface area (TPSA) is 59.9 Å². The zero-order valence-electron chi connectivity index (χ0n) is 9.97. The Balaban J connectivity index is 2.09. The van der Waals surface area contributed by atoms with Gasteiger partial charge in [0, 0.05) is 17.1 Å². The van der Waals surface area contributed by atoms with Gasteiger partial charge in [-0.15, -0.1) is 11.3 Å². The molecule has 0 aliphatic rings. The van der Waals surface area contributed by atoms with Crippen molar-refractivity contribution >= 4 is 17.2 Å². The third-order valence-electron chi connectivity index (χ3n) is 2.23. The number of nitrogens with zero attached hydrogens (tertiary/aromatic N) is 3. The molecule has 2 rings (SSSR count). The monoisotopic (exact) mass is 250 g/mol. The van der Waals surface area contributed by atoms with E-state index in [0.29, 0.717) is 5.88 Å². The molecule has 17 heavy (non-hydrogen) atoms. The van der Waals surface area contributed by atoms with Crippen LogP contribution in [0.1, 0.15) is 22.9 Å². The van der Waals surface area contributed by atoms with Crippen LogP contribution >= 0.6 is 11.3 Å². The summed E-state index contributed by atoms with van der Waals surface area (Å²) in [7, 11) is 1.58. The molecule has 6 heteroatoms. The molecule has 0 spiro atoms. The van der Waals surface area contributed by atoms with Gasteiger partial charge in [0.1, 0.15) is 17.2 Å². The van der Waals surface area contributed by atoms with Gasteiger partial charge in [-0.2, -0.15) is 0 Å². The fraction of sp³-hybridized carbons (Fsp3) is 0.364. The minimum atomic E-state index is 0.119. The highest BCUT2D eigenvalue weighted by molar-refractivity contribution is 7.11. The molecule has 1 unspecified atom stereocenters. The summed E-state index contributed by atoms with van der Waals surface area (Å²) in [6.07, 6.45) is 3.35. The summed E-state index contributed by atoms with van der Waals surface area (Å²) in [5.41, 5.74) is 0. The van der Waals surface area contributed by atoms with Crippen LogP contribution in [-0.4, -0.2) is 22.1 Å². The first-order valence-corrected chi connectivity index (χ1v) is 6.05. The zero-order valence-corrected chi connectivity index (χ0v) is 10.8. The number of hydrogen-bond acceptors (Lipinski definition) is 6. The van der Waals surface area contributed by atoms with Crippen LogP contribution in [-0.2, 0) is 0 Å². The summed E-state index contributed by atoms with van der Waals surface area (Å²) in [5.74, 6) is 1.28. The maximum absolute atomic E-state index is 5.04. The number of ether oxygens (including phenoxy) is 1. The number of nitrogens with one attached hydrogen (secondary N) is 1. The van der Waals surface area contributed by atoms with Gasteiger partial charge in [0.25, 0.3) is 0 Å². The van der Waals surface area contributed by atoms with Gasteiger partial charge >= 0.3 is 0 Å². The Morgan fingerprint density at radius 1 is 1.35 bits per heavy atom. The van der Waals surface area contributed by atoms with Crippen molar-refractivity contribution in [3.05, 3.63) is 28.5 Å². The van der Waals surface area contributed by atoms with Gasteiger partial charge in [0.05, 0.1) is 13.2 Å². The van der Waals surface area contributed by atoms with Crippen LogP contribution in [0.25, 0.3) is 0 Å². The van der Waals surface area contributed by atoms with E-state index >= 15 is 0 Å². The van der Waals surface area contributed by atoms with Crippen molar-refractivity contribution in [3.63, 3.8) is 0 Å². The summed E-state index contributed by atoms with van der Waals surface area (Å²) in [6, 6.07) is 1.88. The standard InChI is InChI=1S/C11H14N4OS/c1-7-5-12-11(17-7)8(2)15-9-4-10(16-3)14-6-13-9/h4-6,8H,1-3H3,(H,13,14,15). The van der Waals surface area contributed by atoms with E-state index in [0.717, 1.165) is 10.8 Å². The SMILES string of the molecule is COc1cc(NC(C)c2ncc(C)s2)ncn1. The Kier molecular flexibility index (Phi) is 3.53. The molecular formula is C11H14N4OS. The van der Waals surface area contributed by atoms with Crippen molar-refractivity contribution in [3.8, 4) is 5.88 Å². The van der Waals surface area contributed by atoms with Gasteiger partial charge in [-0.05, 0) is 13.8 Å². The van der Waals surface area contributed by atoms with E-state index in [1.54, 1.807) is 24.5 Å². The minimum absolute atomic E-state index is 0.119. The van der Waals surface area contributed by atoms with E-state index in [2.05, 4.69) is 20.3 Å². The molecule has 0 bridgehead atoms. The number of anilines is 1. The second kappa shape index (κ2) is 5.09. The van der Waals surface area contributed by atoms with Gasteiger partial charge < -0.3 is 10.1 Å². The largest absolute Gasteiger partial charge is 0.481 e. The first-order valence-electron chi connectivity index (χ1n) is 5.24. The van der Waals surface area contributed by atoms with Gasteiger partial charge in [-0.1, -0.05) is 0 Å². The third kappa shape index (κ3) is 2.91.